The summed E-state index contributed by atoms with van der Waals surface area (Å²) in [6.07, 6.45) is 3.58. The topological polar surface area (TPSA) is 37.3 Å². The summed E-state index contributed by atoms with van der Waals surface area (Å²) in [6, 6.07) is 9.75. The molecule has 1 fully saturated rings. The van der Waals surface area contributed by atoms with Crippen molar-refractivity contribution in [2.75, 3.05) is 0 Å². The summed E-state index contributed by atoms with van der Waals surface area (Å²) in [6.45, 7) is 0. The Kier molecular flexibility index (Phi) is 2.35. The van der Waals surface area contributed by atoms with Gasteiger partial charge in [-0.15, -0.1) is 0 Å². The van der Waals surface area contributed by atoms with Crippen LogP contribution in [-0.4, -0.2) is 11.1 Å². The molecule has 0 spiro atoms. The zero-order valence-corrected chi connectivity index (χ0v) is 7.81. The van der Waals surface area contributed by atoms with E-state index in [1.807, 2.05) is 30.3 Å². The molecule has 0 unspecified atom stereocenters. The van der Waals surface area contributed by atoms with Crippen molar-refractivity contribution in [3.8, 4) is 0 Å². The SMILES string of the molecule is O=C(O)/C=C(/c1ccccc1)C1CC1. The highest BCUT2D eigenvalue weighted by molar-refractivity contribution is 5.91. The van der Waals surface area contributed by atoms with Crippen LogP contribution in [0.5, 0.6) is 0 Å². The summed E-state index contributed by atoms with van der Waals surface area (Å²) in [5.41, 5.74) is 2.01. The Hall–Kier alpha value is -1.57. The minimum absolute atomic E-state index is 0.466. The Bertz CT molecular complexity index is 361. The maximum absolute atomic E-state index is 10.6. The predicted molar refractivity (Wildman–Crippen MR) is 54.8 cm³/mol. The van der Waals surface area contributed by atoms with Crippen molar-refractivity contribution in [3.05, 3.63) is 42.0 Å². The number of benzene rings is 1. The van der Waals surface area contributed by atoms with Crippen LogP contribution in [0.3, 0.4) is 0 Å². The van der Waals surface area contributed by atoms with Gasteiger partial charge >= 0.3 is 5.97 Å². The van der Waals surface area contributed by atoms with Crippen molar-refractivity contribution < 1.29 is 9.90 Å². The molecule has 1 N–H and O–H groups in total. The summed E-state index contributed by atoms with van der Waals surface area (Å²) in [7, 11) is 0. The molecule has 0 heterocycles. The normalized spacial score (nSPS) is 16.7. The molecule has 1 aromatic rings. The fourth-order valence-corrected chi connectivity index (χ4v) is 1.59. The lowest BCUT2D eigenvalue weighted by Gasteiger charge is -2.04. The maximum Gasteiger partial charge on any atom is 0.328 e. The highest BCUT2D eigenvalue weighted by atomic mass is 16.4. The number of carbonyl (C=O) groups is 1. The second-order valence-electron chi connectivity index (χ2n) is 3.58. The van der Waals surface area contributed by atoms with Gasteiger partial charge in [-0.25, -0.2) is 4.79 Å². The van der Waals surface area contributed by atoms with Gasteiger partial charge in [0.1, 0.15) is 0 Å². The second kappa shape index (κ2) is 3.66. The fraction of sp³-hybridized carbons (Fsp3) is 0.250. The Balaban J connectivity index is 2.32. The van der Waals surface area contributed by atoms with E-state index < -0.39 is 5.97 Å². The van der Waals surface area contributed by atoms with Gasteiger partial charge in [-0.2, -0.15) is 0 Å². The van der Waals surface area contributed by atoms with Gasteiger partial charge in [0.2, 0.25) is 0 Å². The van der Waals surface area contributed by atoms with E-state index in [2.05, 4.69) is 0 Å². The number of carboxylic acids is 1. The quantitative estimate of drug-likeness (QED) is 0.740. The van der Waals surface area contributed by atoms with E-state index in [0.717, 1.165) is 24.0 Å². The Morgan fingerprint density at radius 2 is 1.93 bits per heavy atom. The van der Waals surface area contributed by atoms with Gasteiger partial charge in [0.15, 0.2) is 0 Å². The van der Waals surface area contributed by atoms with Gasteiger partial charge in [-0.1, -0.05) is 30.3 Å². The summed E-state index contributed by atoms with van der Waals surface area (Å²) in [4.78, 5) is 10.6. The number of hydrogen-bond donors (Lipinski definition) is 1. The van der Waals surface area contributed by atoms with Crippen molar-refractivity contribution in [3.63, 3.8) is 0 Å². The standard InChI is InChI=1S/C12H12O2/c13-12(14)8-11(10-6-7-10)9-4-2-1-3-5-9/h1-5,8,10H,6-7H2,(H,13,14)/b11-8-. The number of carboxylic acid groups (broad SMARTS) is 1. The molecular formula is C12H12O2. The van der Waals surface area contributed by atoms with Crippen LogP contribution in [-0.2, 0) is 4.79 Å². The van der Waals surface area contributed by atoms with E-state index in [4.69, 9.17) is 5.11 Å². The number of hydrogen-bond acceptors (Lipinski definition) is 1. The molecule has 0 aliphatic heterocycles. The largest absolute Gasteiger partial charge is 0.478 e. The van der Waals surface area contributed by atoms with E-state index in [1.165, 1.54) is 6.08 Å². The summed E-state index contributed by atoms with van der Waals surface area (Å²) >= 11 is 0. The highest BCUT2D eigenvalue weighted by Crippen LogP contribution is 2.41. The lowest BCUT2D eigenvalue weighted by atomic mass is 10.0. The van der Waals surface area contributed by atoms with Crippen LogP contribution >= 0.6 is 0 Å². The minimum Gasteiger partial charge on any atom is -0.478 e. The van der Waals surface area contributed by atoms with Gasteiger partial charge in [0.05, 0.1) is 0 Å². The third kappa shape index (κ3) is 2.02. The summed E-state index contributed by atoms with van der Waals surface area (Å²) in [5, 5.41) is 8.75. The van der Waals surface area contributed by atoms with Gasteiger partial charge in [-0.3, -0.25) is 0 Å². The molecule has 0 atom stereocenters. The average molecular weight is 188 g/mol. The fourth-order valence-electron chi connectivity index (χ4n) is 1.59. The lowest BCUT2D eigenvalue weighted by molar-refractivity contribution is -0.131. The Morgan fingerprint density at radius 3 is 2.43 bits per heavy atom. The predicted octanol–water partition coefficient (Wildman–Crippen LogP) is 2.56. The first-order chi connectivity index (χ1) is 6.77. The highest BCUT2D eigenvalue weighted by Gasteiger charge is 2.27. The molecule has 0 aromatic heterocycles. The number of allylic oxidation sites excluding steroid dienone is 1. The zero-order chi connectivity index (χ0) is 9.97. The van der Waals surface area contributed by atoms with Crippen LogP contribution in [0, 0.1) is 5.92 Å². The minimum atomic E-state index is -0.851. The van der Waals surface area contributed by atoms with Crippen molar-refractivity contribution in [2.24, 2.45) is 5.92 Å². The van der Waals surface area contributed by atoms with E-state index in [-0.39, 0.29) is 0 Å². The zero-order valence-electron chi connectivity index (χ0n) is 7.81. The molecule has 14 heavy (non-hydrogen) atoms. The molecule has 0 bridgehead atoms. The first-order valence-corrected chi connectivity index (χ1v) is 4.77. The summed E-state index contributed by atoms with van der Waals surface area (Å²) in [5.74, 6) is -0.385. The molecule has 0 radical (unpaired) electrons. The van der Waals surface area contributed by atoms with Crippen LogP contribution in [0.4, 0.5) is 0 Å². The van der Waals surface area contributed by atoms with Gasteiger partial charge in [0, 0.05) is 6.08 Å². The number of aliphatic carboxylic acids is 1. The van der Waals surface area contributed by atoms with Crippen LogP contribution in [0.1, 0.15) is 18.4 Å². The van der Waals surface area contributed by atoms with Crippen molar-refractivity contribution in [1.29, 1.82) is 0 Å². The smallest absolute Gasteiger partial charge is 0.328 e. The average Bonchev–Trinajstić information content (AvgIpc) is 2.99. The molecule has 1 aromatic carbocycles. The molecule has 1 aliphatic carbocycles. The van der Waals surface area contributed by atoms with Crippen LogP contribution < -0.4 is 0 Å². The molecule has 0 saturated heterocycles. The number of rotatable bonds is 3. The van der Waals surface area contributed by atoms with E-state index in [1.54, 1.807) is 0 Å². The van der Waals surface area contributed by atoms with Crippen molar-refractivity contribution >= 4 is 11.5 Å². The van der Waals surface area contributed by atoms with Crippen molar-refractivity contribution in [2.45, 2.75) is 12.8 Å². The molecule has 2 rings (SSSR count). The molecule has 72 valence electrons. The first kappa shape index (κ1) is 9.00. The molecule has 1 aliphatic rings. The first-order valence-electron chi connectivity index (χ1n) is 4.77. The van der Waals surface area contributed by atoms with Crippen LogP contribution in [0.25, 0.3) is 5.57 Å². The van der Waals surface area contributed by atoms with E-state index in [9.17, 15) is 4.79 Å². The Labute approximate surface area is 82.9 Å². The van der Waals surface area contributed by atoms with Gasteiger partial charge in [0.25, 0.3) is 0 Å². The van der Waals surface area contributed by atoms with Crippen LogP contribution in [0.15, 0.2) is 36.4 Å². The molecular weight excluding hydrogens is 176 g/mol. The van der Waals surface area contributed by atoms with E-state index >= 15 is 0 Å². The van der Waals surface area contributed by atoms with Crippen LogP contribution in [0.2, 0.25) is 0 Å². The Morgan fingerprint density at radius 1 is 1.29 bits per heavy atom. The molecule has 0 amide bonds. The molecule has 2 heteroatoms. The lowest BCUT2D eigenvalue weighted by Crippen LogP contribution is -1.94. The second-order valence-corrected chi connectivity index (χ2v) is 3.58. The monoisotopic (exact) mass is 188 g/mol. The third-order valence-electron chi connectivity index (χ3n) is 2.40. The maximum atomic E-state index is 10.6. The van der Waals surface area contributed by atoms with Gasteiger partial charge < -0.3 is 5.11 Å². The van der Waals surface area contributed by atoms with Crippen molar-refractivity contribution in [1.82, 2.24) is 0 Å². The third-order valence-corrected chi connectivity index (χ3v) is 2.40. The summed E-state index contributed by atoms with van der Waals surface area (Å²) < 4.78 is 0. The van der Waals surface area contributed by atoms with Gasteiger partial charge in [-0.05, 0) is 29.9 Å². The molecule has 1 saturated carbocycles. The van der Waals surface area contributed by atoms with E-state index in [0.29, 0.717) is 5.92 Å². The molecule has 2 nitrogen and oxygen atoms in total.